The van der Waals surface area contributed by atoms with Crippen LogP contribution in [0.25, 0.3) is 10.9 Å². The van der Waals surface area contributed by atoms with Crippen LogP contribution >= 0.6 is 0 Å². The van der Waals surface area contributed by atoms with E-state index in [1.165, 1.54) is 34.9 Å². The van der Waals surface area contributed by atoms with Crippen molar-refractivity contribution < 1.29 is 17.7 Å². The number of likely N-dealkylation sites (N-methyl/N-ethyl adjacent to an activating group) is 1. The quantitative estimate of drug-likeness (QED) is 0.556. The minimum absolute atomic E-state index is 0.604. The summed E-state index contributed by atoms with van der Waals surface area (Å²) in [5, 5.41) is 1.21. The van der Waals surface area contributed by atoms with Crippen LogP contribution in [0.15, 0.2) is 54.7 Å². The molecule has 1 atom stereocenters. The van der Waals surface area contributed by atoms with E-state index in [-0.39, 0.29) is 0 Å². The van der Waals surface area contributed by atoms with Gasteiger partial charge in [0.1, 0.15) is 5.75 Å². The number of ether oxygens (including phenoxy) is 1. The van der Waals surface area contributed by atoms with Crippen LogP contribution in [0.4, 0.5) is 0 Å². The molecule has 1 unspecified atom stereocenters. The van der Waals surface area contributed by atoms with E-state index in [1.807, 2.05) is 12.3 Å². The van der Waals surface area contributed by atoms with E-state index in [1.54, 1.807) is 7.11 Å². The number of nitrogens with zero attached hydrogens (tertiary/aromatic N) is 2. The molecule has 4 rings (SSSR count). The lowest BCUT2D eigenvalue weighted by Gasteiger charge is -2.30. The van der Waals surface area contributed by atoms with Crippen molar-refractivity contribution in [2.45, 2.75) is 31.6 Å². The lowest BCUT2D eigenvalue weighted by Crippen LogP contribution is -2.28. The van der Waals surface area contributed by atoms with Crippen molar-refractivity contribution in [2.24, 2.45) is 0 Å². The summed E-state index contributed by atoms with van der Waals surface area (Å²) in [6, 6.07) is 17.3. The monoisotopic (exact) mass is 456 g/mol. The molecule has 0 radical (unpaired) electrons. The Balaban J connectivity index is 0.000000523. The minimum Gasteiger partial charge on any atom is -0.496 e. The summed E-state index contributed by atoms with van der Waals surface area (Å²) < 4.78 is 31.5. The first-order valence-corrected chi connectivity index (χ1v) is 12.7. The Kier molecular flexibility index (Phi) is 8.23. The fraction of sp³-hybridized carbons (Fsp3) is 0.400. The maximum atomic E-state index is 9.19. The van der Waals surface area contributed by atoms with Gasteiger partial charge in [-0.2, -0.15) is 8.42 Å². The second kappa shape index (κ2) is 10.9. The van der Waals surface area contributed by atoms with Crippen LogP contribution in [0.5, 0.6) is 5.75 Å². The van der Waals surface area contributed by atoms with Crippen molar-refractivity contribution in [3.05, 3.63) is 71.4 Å². The van der Waals surface area contributed by atoms with Crippen molar-refractivity contribution in [2.75, 3.05) is 33.5 Å². The first-order chi connectivity index (χ1) is 15.2. The second-order valence-corrected chi connectivity index (χ2v) is 9.86. The van der Waals surface area contributed by atoms with Crippen molar-refractivity contribution in [1.82, 2.24) is 9.88 Å². The summed E-state index contributed by atoms with van der Waals surface area (Å²) in [5.74, 6) is 1.66. The molecule has 6 nitrogen and oxygen atoms in total. The van der Waals surface area contributed by atoms with Crippen LogP contribution in [0.3, 0.4) is 0 Å². The largest absolute Gasteiger partial charge is 0.496 e. The third-order valence-corrected chi connectivity index (χ3v) is 5.79. The van der Waals surface area contributed by atoms with Gasteiger partial charge in [-0.15, -0.1) is 0 Å². The van der Waals surface area contributed by atoms with Crippen molar-refractivity contribution in [3.8, 4) is 5.75 Å². The maximum Gasteiger partial charge on any atom is 0.261 e. The molecule has 3 aromatic rings. The van der Waals surface area contributed by atoms with E-state index in [4.69, 9.17) is 9.29 Å². The second-order valence-electron chi connectivity index (χ2n) is 8.39. The van der Waals surface area contributed by atoms with Gasteiger partial charge in [-0.3, -0.25) is 9.54 Å². The molecule has 32 heavy (non-hydrogen) atoms. The smallest absolute Gasteiger partial charge is 0.261 e. The number of rotatable bonds is 6. The number of fused-ring (bicyclic) bond motifs is 2. The van der Waals surface area contributed by atoms with Crippen LogP contribution in [0.2, 0.25) is 0 Å². The fourth-order valence-corrected chi connectivity index (χ4v) is 4.35. The van der Waals surface area contributed by atoms with Crippen LogP contribution in [0.1, 0.15) is 35.4 Å². The van der Waals surface area contributed by atoms with Gasteiger partial charge >= 0.3 is 0 Å². The zero-order valence-corrected chi connectivity index (χ0v) is 19.8. The Bertz CT molecular complexity index is 1140. The van der Waals surface area contributed by atoms with Crippen LogP contribution in [-0.4, -0.2) is 56.4 Å². The van der Waals surface area contributed by atoms with E-state index < -0.39 is 10.1 Å². The van der Waals surface area contributed by atoms with Gasteiger partial charge in [0.2, 0.25) is 0 Å². The predicted octanol–water partition coefficient (Wildman–Crippen LogP) is 4.34. The van der Waals surface area contributed by atoms with Crippen LogP contribution in [0, 0.1) is 0 Å². The van der Waals surface area contributed by atoms with Gasteiger partial charge in [-0.1, -0.05) is 30.3 Å². The molecule has 0 amide bonds. The van der Waals surface area contributed by atoms with E-state index in [0.717, 1.165) is 37.2 Å². The Morgan fingerprint density at radius 3 is 2.72 bits per heavy atom. The summed E-state index contributed by atoms with van der Waals surface area (Å²) in [7, 11) is 0.359. The van der Waals surface area contributed by atoms with Crippen molar-refractivity contribution in [3.63, 3.8) is 0 Å². The van der Waals surface area contributed by atoms with Crippen molar-refractivity contribution in [1.29, 1.82) is 0 Å². The molecular formula is C25H32N2O4S. The van der Waals surface area contributed by atoms with Gasteiger partial charge in [0.05, 0.1) is 18.9 Å². The molecule has 1 heterocycles. The zero-order chi connectivity index (χ0) is 23.1. The standard InChI is InChI=1S/C24H28N2O.CH4O3S/c1-26(15-13-18-11-12-19-7-5-14-25-23(19)16-18)17-20-6-3-9-22-21(20)8-4-10-24(22)27-2;1-5(2,3)4/h4-5,7-8,10-12,14,16,20H,3,6,9,13,15,17H2,1-2H3;1H3,(H,2,3,4). The van der Waals surface area contributed by atoms with Crippen molar-refractivity contribution >= 4 is 21.0 Å². The maximum absolute atomic E-state index is 9.19. The highest BCUT2D eigenvalue weighted by molar-refractivity contribution is 7.85. The first kappa shape index (κ1) is 24.2. The predicted molar refractivity (Wildman–Crippen MR) is 129 cm³/mol. The van der Waals surface area contributed by atoms with E-state index in [9.17, 15) is 8.42 Å². The van der Waals surface area contributed by atoms with Gasteiger partial charge < -0.3 is 9.64 Å². The molecule has 0 saturated heterocycles. The van der Waals surface area contributed by atoms with Gasteiger partial charge in [-0.25, -0.2) is 0 Å². The molecule has 1 aliphatic carbocycles. The molecule has 172 valence electrons. The molecular weight excluding hydrogens is 424 g/mol. The molecule has 1 aromatic heterocycles. The lowest BCUT2D eigenvalue weighted by atomic mass is 9.82. The number of pyridine rings is 1. The minimum atomic E-state index is -3.67. The number of aromatic nitrogens is 1. The summed E-state index contributed by atoms with van der Waals surface area (Å²) in [5.41, 5.74) is 5.36. The third kappa shape index (κ3) is 7.02. The topological polar surface area (TPSA) is 79.7 Å². The first-order valence-electron chi connectivity index (χ1n) is 10.8. The Morgan fingerprint density at radius 2 is 1.97 bits per heavy atom. The average molecular weight is 457 g/mol. The SMILES string of the molecule is COc1cccc2c1CCCC2CN(C)CCc1ccc2cccnc2c1.CS(=O)(=O)O. The molecule has 0 fully saturated rings. The van der Waals surface area contributed by atoms with Gasteiger partial charge in [0.15, 0.2) is 0 Å². The highest BCUT2D eigenvalue weighted by Gasteiger charge is 2.23. The molecule has 0 bridgehead atoms. The average Bonchev–Trinajstić information content (AvgIpc) is 2.76. The molecule has 7 heteroatoms. The summed E-state index contributed by atoms with van der Waals surface area (Å²) >= 11 is 0. The summed E-state index contributed by atoms with van der Waals surface area (Å²) in [4.78, 5) is 6.95. The van der Waals surface area contributed by atoms with E-state index in [0.29, 0.717) is 12.2 Å². The molecule has 0 saturated carbocycles. The molecule has 1 N–H and O–H groups in total. The number of methoxy groups -OCH3 is 1. The summed E-state index contributed by atoms with van der Waals surface area (Å²) in [6.45, 7) is 2.17. The Hall–Kier alpha value is -2.48. The molecule has 0 aliphatic heterocycles. The molecule has 0 spiro atoms. The highest BCUT2D eigenvalue weighted by Crippen LogP contribution is 2.36. The van der Waals surface area contributed by atoms with Crippen LogP contribution in [-0.2, 0) is 23.0 Å². The fourth-order valence-electron chi connectivity index (χ4n) is 4.35. The van der Waals surface area contributed by atoms with Gasteiger partial charge in [0, 0.05) is 24.7 Å². The van der Waals surface area contributed by atoms with Gasteiger partial charge in [-0.05, 0) is 73.5 Å². The van der Waals surface area contributed by atoms with Gasteiger partial charge in [0.25, 0.3) is 10.1 Å². The number of hydrogen-bond donors (Lipinski definition) is 1. The van der Waals surface area contributed by atoms with E-state index >= 15 is 0 Å². The number of benzene rings is 2. The Morgan fingerprint density at radius 1 is 1.19 bits per heavy atom. The molecule has 2 aromatic carbocycles. The lowest BCUT2D eigenvalue weighted by molar-refractivity contribution is 0.299. The van der Waals surface area contributed by atoms with E-state index in [2.05, 4.69) is 59.4 Å². The zero-order valence-electron chi connectivity index (χ0n) is 19.0. The number of hydrogen-bond acceptors (Lipinski definition) is 5. The summed E-state index contributed by atoms with van der Waals surface area (Å²) in [6.07, 6.45) is 7.30. The highest BCUT2D eigenvalue weighted by atomic mass is 32.2. The normalized spacial score (nSPS) is 15.7. The van der Waals surface area contributed by atoms with Crippen LogP contribution < -0.4 is 4.74 Å². The third-order valence-electron chi connectivity index (χ3n) is 5.79. The Labute approximate surface area is 191 Å². The molecule has 1 aliphatic rings.